The number of methoxy groups -OCH3 is 1. The number of ether oxygens (including phenoxy) is 1. The first-order valence-corrected chi connectivity index (χ1v) is 6.18. The molecule has 0 aliphatic heterocycles. The summed E-state index contributed by atoms with van der Waals surface area (Å²) >= 11 is 0. The largest absolute Gasteiger partial charge is 0.497 e. The van der Waals surface area contributed by atoms with Crippen molar-refractivity contribution in [3.8, 4) is 5.75 Å². The minimum Gasteiger partial charge on any atom is -0.497 e. The number of benzene rings is 1. The van der Waals surface area contributed by atoms with E-state index in [1.165, 1.54) is 0 Å². The molecule has 0 saturated heterocycles. The Labute approximate surface area is 104 Å². The summed E-state index contributed by atoms with van der Waals surface area (Å²) in [6.07, 6.45) is 1.81. The third-order valence-electron chi connectivity index (χ3n) is 2.91. The van der Waals surface area contributed by atoms with Crippen molar-refractivity contribution in [1.82, 2.24) is 5.32 Å². The highest BCUT2D eigenvalue weighted by molar-refractivity contribution is 5.31. The van der Waals surface area contributed by atoms with Crippen LogP contribution in [0.25, 0.3) is 0 Å². The Morgan fingerprint density at radius 1 is 1.35 bits per heavy atom. The van der Waals surface area contributed by atoms with Gasteiger partial charge in [-0.2, -0.15) is 0 Å². The van der Waals surface area contributed by atoms with Crippen LogP contribution in [0.15, 0.2) is 24.3 Å². The summed E-state index contributed by atoms with van der Waals surface area (Å²) in [4.78, 5) is 0. The summed E-state index contributed by atoms with van der Waals surface area (Å²) in [5, 5.41) is 13.7. The van der Waals surface area contributed by atoms with Gasteiger partial charge in [-0.1, -0.05) is 19.1 Å². The van der Waals surface area contributed by atoms with E-state index in [0.29, 0.717) is 6.42 Å². The number of nitrogens with one attached hydrogen (secondary N) is 1. The lowest BCUT2D eigenvalue weighted by Crippen LogP contribution is -2.28. The molecule has 1 rings (SSSR count). The van der Waals surface area contributed by atoms with Crippen molar-refractivity contribution in [3.63, 3.8) is 0 Å². The van der Waals surface area contributed by atoms with Crippen LogP contribution in [0.4, 0.5) is 0 Å². The highest BCUT2D eigenvalue weighted by atomic mass is 16.5. The van der Waals surface area contributed by atoms with Gasteiger partial charge in [0, 0.05) is 0 Å². The average Bonchev–Trinajstić information content (AvgIpc) is 2.35. The molecule has 0 aliphatic rings. The third kappa shape index (κ3) is 4.36. The Balaban J connectivity index is 2.61. The predicted octanol–water partition coefficient (Wildman–Crippen LogP) is 2.29. The third-order valence-corrected chi connectivity index (χ3v) is 2.91. The molecular weight excluding hydrogens is 214 g/mol. The van der Waals surface area contributed by atoms with Crippen molar-refractivity contribution < 1.29 is 9.84 Å². The lowest BCUT2D eigenvalue weighted by atomic mass is 9.92. The van der Waals surface area contributed by atoms with Crippen molar-refractivity contribution in [3.05, 3.63) is 29.8 Å². The molecule has 2 N–H and O–H groups in total. The molecular formula is C14H23NO2. The topological polar surface area (TPSA) is 41.5 Å². The van der Waals surface area contributed by atoms with Crippen LogP contribution < -0.4 is 10.1 Å². The van der Waals surface area contributed by atoms with Gasteiger partial charge < -0.3 is 15.2 Å². The normalized spacial score (nSPS) is 14.4. The molecule has 0 amide bonds. The first kappa shape index (κ1) is 14.0. The fourth-order valence-electron chi connectivity index (χ4n) is 1.74. The van der Waals surface area contributed by atoms with E-state index in [-0.39, 0.29) is 0 Å². The van der Waals surface area contributed by atoms with E-state index in [9.17, 15) is 5.11 Å². The molecule has 0 radical (unpaired) electrons. The molecule has 17 heavy (non-hydrogen) atoms. The summed E-state index contributed by atoms with van der Waals surface area (Å²) in [5.41, 5.74) is 0.0880. The van der Waals surface area contributed by atoms with Crippen LogP contribution in [0.2, 0.25) is 0 Å². The van der Waals surface area contributed by atoms with Crippen molar-refractivity contribution in [1.29, 1.82) is 0 Å². The molecule has 96 valence electrons. The molecule has 0 aromatic heterocycles. The van der Waals surface area contributed by atoms with Gasteiger partial charge in [-0.15, -0.1) is 0 Å². The second-order valence-electron chi connectivity index (χ2n) is 4.51. The zero-order valence-electron chi connectivity index (χ0n) is 11.0. The number of rotatable bonds is 7. The summed E-state index contributed by atoms with van der Waals surface area (Å²) in [5.74, 6) is 0.782. The van der Waals surface area contributed by atoms with Gasteiger partial charge in [0.25, 0.3) is 0 Å². The maximum atomic E-state index is 10.4. The van der Waals surface area contributed by atoms with E-state index in [2.05, 4.69) is 12.2 Å². The van der Waals surface area contributed by atoms with E-state index >= 15 is 0 Å². The lowest BCUT2D eigenvalue weighted by molar-refractivity contribution is 0.0478. The van der Waals surface area contributed by atoms with Crippen LogP contribution in [0.3, 0.4) is 0 Å². The monoisotopic (exact) mass is 237 g/mol. The zero-order valence-corrected chi connectivity index (χ0v) is 11.0. The smallest absolute Gasteiger partial charge is 0.119 e. The zero-order chi connectivity index (χ0) is 12.7. The predicted molar refractivity (Wildman–Crippen MR) is 70.3 cm³/mol. The highest BCUT2D eigenvalue weighted by Crippen LogP contribution is 2.26. The molecule has 1 aromatic carbocycles. The number of hydrogen-bond acceptors (Lipinski definition) is 3. The summed E-state index contributed by atoms with van der Waals surface area (Å²) in [6, 6.07) is 7.61. The molecule has 3 nitrogen and oxygen atoms in total. The van der Waals surface area contributed by atoms with Crippen LogP contribution in [0.1, 0.15) is 32.3 Å². The van der Waals surface area contributed by atoms with Crippen LogP contribution in [0.5, 0.6) is 5.75 Å². The summed E-state index contributed by atoms with van der Waals surface area (Å²) < 4.78 is 5.17. The SMILES string of the molecule is CCCNCCC(C)(O)c1cccc(OC)c1. The Morgan fingerprint density at radius 3 is 2.76 bits per heavy atom. The Bertz CT molecular complexity index is 337. The van der Waals surface area contributed by atoms with Gasteiger partial charge in [0.2, 0.25) is 0 Å². The van der Waals surface area contributed by atoms with Gasteiger partial charge in [0.05, 0.1) is 12.7 Å². The van der Waals surface area contributed by atoms with Crippen molar-refractivity contribution in [2.75, 3.05) is 20.2 Å². The Morgan fingerprint density at radius 2 is 2.12 bits per heavy atom. The first-order chi connectivity index (χ1) is 8.10. The molecule has 1 atom stereocenters. The standard InChI is InChI=1S/C14H23NO2/c1-4-9-15-10-8-14(2,16)12-6-5-7-13(11-12)17-3/h5-7,11,15-16H,4,8-10H2,1-3H3. The van der Waals surface area contributed by atoms with Gasteiger partial charge in [0.15, 0.2) is 0 Å². The molecule has 0 saturated carbocycles. The lowest BCUT2D eigenvalue weighted by Gasteiger charge is -2.24. The molecule has 0 aliphatic carbocycles. The van der Waals surface area contributed by atoms with E-state index in [1.807, 2.05) is 31.2 Å². The van der Waals surface area contributed by atoms with Gasteiger partial charge >= 0.3 is 0 Å². The minimum absolute atomic E-state index is 0.695. The van der Waals surface area contributed by atoms with E-state index in [1.54, 1.807) is 7.11 Å². The molecule has 0 fully saturated rings. The van der Waals surface area contributed by atoms with Crippen LogP contribution >= 0.6 is 0 Å². The minimum atomic E-state index is -0.810. The van der Waals surface area contributed by atoms with Crippen LogP contribution in [-0.4, -0.2) is 25.3 Å². The van der Waals surface area contributed by atoms with Gasteiger partial charge in [0.1, 0.15) is 5.75 Å². The van der Waals surface area contributed by atoms with Gasteiger partial charge in [-0.25, -0.2) is 0 Å². The van der Waals surface area contributed by atoms with Crippen molar-refractivity contribution in [2.24, 2.45) is 0 Å². The molecule has 1 unspecified atom stereocenters. The Hall–Kier alpha value is -1.06. The molecule has 3 heteroatoms. The maximum Gasteiger partial charge on any atom is 0.119 e. The fraction of sp³-hybridized carbons (Fsp3) is 0.571. The summed E-state index contributed by atoms with van der Waals surface area (Å²) in [7, 11) is 1.64. The maximum absolute atomic E-state index is 10.4. The fourth-order valence-corrected chi connectivity index (χ4v) is 1.74. The van der Waals surface area contributed by atoms with E-state index in [0.717, 1.165) is 30.8 Å². The van der Waals surface area contributed by atoms with Crippen LogP contribution in [-0.2, 0) is 5.60 Å². The second kappa shape index (κ2) is 6.62. The first-order valence-electron chi connectivity index (χ1n) is 6.18. The average molecular weight is 237 g/mol. The number of hydrogen-bond donors (Lipinski definition) is 2. The summed E-state index contributed by atoms with van der Waals surface area (Å²) in [6.45, 7) is 5.79. The molecule has 1 aromatic rings. The van der Waals surface area contributed by atoms with E-state index in [4.69, 9.17) is 4.74 Å². The van der Waals surface area contributed by atoms with E-state index < -0.39 is 5.60 Å². The Kier molecular flexibility index (Phi) is 5.45. The van der Waals surface area contributed by atoms with Gasteiger partial charge in [-0.3, -0.25) is 0 Å². The van der Waals surface area contributed by atoms with Crippen molar-refractivity contribution >= 4 is 0 Å². The van der Waals surface area contributed by atoms with Crippen molar-refractivity contribution in [2.45, 2.75) is 32.3 Å². The molecule has 0 heterocycles. The molecule has 0 bridgehead atoms. The molecule has 0 spiro atoms. The second-order valence-corrected chi connectivity index (χ2v) is 4.51. The highest BCUT2D eigenvalue weighted by Gasteiger charge is 2.22. The van der Waals surface area contributed by atoms with Gasteiger partial charge in [-0.05, 0) is 50.6 Å². The quantitative estimate of drug-likeness (QED) is 0.715. The van der Waals surface area contributed by atoms with Crippen LogP contribution in [0, 0.1) is 0 Å². The number of aliphatic hydroxyl groups is 1.